The Morgan fingerprint density at radius 3 is 2.56 bits per heavy atom. The minimum atomic E-state index is -0.0899. The summed E-state index contributed by atoms with van der Waals surface area (Å²) in [5, 5.41) is 12.9. The summed E-state index contributed by atoms with van der Waals surface area (Å²) in [7, 11) is 0. The summed E-state index contributed by atoms with van der Waals surface area (Å²) in [4.78, 5) is 12.3. The average Bonchev–Trinajstić information content (AvgIpc) is 3.06. The molecular weight excluding hydrogens is 380 g/mol. The van der Waals surface area contributed by atoms with Crippen LogP contribution in [0.15, 0.2) is 47.6 Å². The summed E-state index contributed by atoms with van der Waals surface area (Å²) < 4.78 is 2.02. The first-order valence-electron chi connectivity index (χ1n) is 8.67. The maximum Gasteiger partial charge on any atom is 0.234 e. The Morgan fingerprint density at radius 1 is 1.15 bits per heavy atom. The topological polar surface area (TPSA) is 59.8 Å². The van der Waals surface area contributed by atoms with Crippen molar-refractivity contribution in [1.82, 2.24) is 14.8 Å². The Labute approximate surface area is 168 Å². The molecule has 0 saturated carbocycles. The molecule has 0 radical (unpaired) electrons. The number of nitrogens with zero attached hydrogens (tertiary/aromatic N) is 3. The highest BCUT2D eigenvalue weighted by molar-refractivity contribution is 7.99. The number of benzene rings is 2. The molecule has 1 N–H and O–H groups in total. The zero-order valence-corrected chi connectivity index (χ0v) is 17.1. The lowest BCUT2D eigenvalue weighted by Gasteiger charge is -2.09. The van der Waals surface area contributed by atoms with Gasteiger partial charge in [-0.25, -0.2) is 0 Å². The van der Waals surface area contributed by atoms with E-state index in [4.69, 9.17) is 11.6 Å². The van der Waals surface area contributed by atoms with Crippen molar-refractivity contribution in [3.8, 4) is 11.4 Å². The summed E-state index contributed by atoms with van der Waals surface area (Å²) in [6.45, 7) is 6.74. The smallest absolute Gasteiger partial charge is 0.234 e. The molecule has 1 aromatic heterocycles. The largest absolute Gasteiger partial charge is 0.325 e. The van der Waals surface area contributed by atoms with Gasteiger partial charge in [-0.05, 0) is 44.5 Å². The molecule has 0 unspecified atom stereocenters. The Kier molecular flexibility index (Phi) is 6.19. The van der Waals surface area contributed by atoms with E-state index < -0.39 is 0 Å². The van der Waals surface area contributed by atoms with E-state index in [9.17, 15) is 4.79 Å². The summed E-state index contributed by atoms with van der Waals surface area (Å²) in [6.07, 6.45) is 0. The predicted molar refractivity (Wildman–Crippen MR) is 111 cm³/mol. The van der Waals surface area contributed by atoms with E-state index in [0.29, 0.717) is 5.02 Å². The molecule has 0 aliphatic carbocycles. The van der Waals surface area contributed by atoms with Crippen LogP contribution in [0.1, 0.15) is 18.1 Å². The molecule has 140 valence electrons. The third-order valence-electron chi connectivity index (χ3n) is 4.14. The fraction of sp³-hybridized carbons (Fsp3) is 0.250. The first-order valence-corrected chi connectivity index (χ1v) is 10.0. The molecule has 3 rings (SSSR count). The van der Waals surface area contributed by atoms with Gasteiger partial charge in [0.15, 0.2) is 11.0 Å². The van der Waals surface area contributed by atoms with Gasteiger partial charge in [0.1, 0.15) is 0 Å². The molecule has 3 aromatic rings. The lowest BCUT2D eigenvalue weighted by atomic mass is 10.1. The fourth-order valence-corrected chi connectivity index (χ4v) is 3.71. The van der Waals surface area contributed by atoms with Gasteiger partial charge in [0.05, 0.1) is 5.75 Å². The molecule has 0 aliphatic rings. The molecule has 0 saturated heterocycles. The number of rotatable bonds is 6. The van der Waals surface area contributed by atoms with Gasteiger partial charge < -0.3 is 9.88 Å². The quantitative estimate of drug-likeness (QED) is 0.593. The highest BCUT2D eigenvalue weighted by atomic mass is 35.5. The molecule has 27 heavy (non-hydrogen) atoms. The van der Waals surface area contributed by atoms with Crippen LogP contribution < -0.4 is 5.32 Å². The molecule has 0 atom stereocenters. The maximum atomic E-state index is 12.3. The van der Waals surface area contributed by atoms with E-state index in [1.807, 2.05) is 42.7 Å². The van der Waals surface area contributed by atoms with Crippen molar-refractivity contribution in [3.63, 3.8) is 0 Å². The van der Waals surface area contributed by atoms with E-state index >= 15 is 0 Å². The van der Waals surface area contributed by atoms with Crippen molar-refractivity contribution in [2.75, 3.05) is 11.1 Å². The highest BCUT2D eigenvalue weighted by Crippen LogP contribution is 2.25. The molecule has 5 nitrogen and oxygen atoms in total. The second-order valence-electron chi connectivity index (χ2n) is 6.21. The van der Waals surface area contributed by atoms with E-state index in [1.54, 1.807) is 6.07 Å². The van der Waals surface area contributed by atoms with Gasteiger partial charge in [-0.15, -0.1) is 10.2 Å². The number of aromatic nitrogens is 3. The molecule has 7 heteroatoms. The average molecular weight is 401 g/mol. The van der Waals surface area contributed by atoms with Crippen molar-refractivity contribution < 1.29 is 4.79 Å². The summed E-state index contributed by atoms with van der Waals surface area (Å²) in [6, 6.07) is 13.6. The van der Waals surface area contributed by atoms with Crippen LogP contribution in [-0.2, 0) is 11.3 Å². The van der Waals surface area contributed by atoms with Crippen molar-refractivity contribution in [2.24, 2.45) is 0 Å². The number of carbonyl (C=O) groups is 1. The lowest BCUT2D eigenvalue weighted by molar-refractivity contribution is -0.113. The van der Waals surface area contributed by atoms with Crippen LogP contribution in [0.5, 0.6) is 0 Å². The number of anilines is 1. The lowest BCUT2D eigenvalue weighted by Crippen LogP contribution is -2.15. The van der Waals surface area contributed by atoms with Crippen LogP contribution in [-0.4, -0.2) is 26.4 Å². The Morgan fingerprint density at radius 2 is 1.89 bits per heavy atom. The fourth-order valence-electron chi connectivity index (χ4n) is 2.68. The van der Waals surface area contributed by atoms with Crippen LogP contribution in [0, 0.1) is 13.8 Å². The van der Waals surface area contributed by atoms with Crippen molar-refractivity contribution >= 4 is 35.0 Å². The van der Waals surface area contributed by atoms with Gasteiger partial charge in [-0.2, -0.15) is 0 Å². The van der Waals surface area contributed by atoms with Gasteiger partial charge in [-0.3, -0.25) is 4.79 Å². The zero-order chi connectivity index (χ0) is 19.4. The third kappa shape index (κ3) is 4.70. The molecular formula is C20H21ClN4OS. The zero-order valence-electron chi connectivity index (χ0n) is 15.5. The first-order chi connectivity index (χ1) is 13.0. The second kappa shape index (κ2) is 8.59. The van der Waals surface area contributed by atoms with Gasteiger partial charge in [0.2, 0.25) is 5.91 Å². The van der Waals surface area contributed by atoms with Crippen LogP contribution in [0.25, 0.3) is 11.4 Å². The van der Waals surface area contributed by atoms with Crippen molar-refractivity contribution in [3.05, 3.63) is 58.6 Å². The number of hydrogen-bond donors (Lipinski definition) is 1. The van der Waals surface area contributed by atoms with E-state index in [2.05, 4.69) is 34.6 Å². The summed E-state index contributed by atoms with van der Waals surface area (Å²) in [5.74, 6) is 0.982. The number of hydrogen-bond acceptors (Lipinski definition) is 4. The Bertz CT molecular complexity index is 953. The Balaban J connectivity index is 1.69. The molecule has 1 amide bonds. The van der Waals surface area contributed by atoms with E-state index in [-0.39, 0.29) is 11.7 Å². The van der Waals surface area contributed by atoms with Gasteiger partial charge >= 0.3 is 0 Å². The first kappa shape index (κ1) is 19.5. The number of nitrogens with one attached hydrogen (secondary N) is 1. The number of carbonyl (C=O) groups excluding carboxylic acids is 1. The van der Waals surface area contributed by atoms with Crippen molar-refractivity contribution in [1.29, 1.82) is 0 Å². The molecule has 0 bridgehead atoms. The highest BCUT2D eigenvalue weighted by Gasteiger charge is 2.15. The van der Waals surface area contributed by atoms with Crippen LogP contribution in [0.3, 0.4) is 0 Å². The van der Waals surface area contributed by atoms with Crippen LogP contribution in [0.4, 0.5) is 5.69 Å². The molecule has 0 aliphatic heterocycles. The van der Waals surface area contributed by atoms with Gasteiger partial charge in [0, 0.05) is 22.8 Å². The van der Waals surface area contributed by atoms with Crippen LogP contribution >= 0.6 is 23.4 Å². The number of aryl methyl sites for hydroxylation is 2. The maximum absolute atomic E-state index is 12.3. The molecule has 2 aromatic carbocycles. The van der Waals surface area contributed by atoms with Crippen molar-refractivity contribution in [2.45, 2.75) is 32.5 Å². The number of thioether (sulfide) groups is 1. The second-order valence-corrected chi connectivity index (χ2v) is 7.59. The summed E-state index contributed by atoms with van der Waals surface area (Å²) in [5.41, 5.74) is 3.91. The van der Waals surface area contributed by atoms with Crippen LogP contribution in [0.2, 0.25) is 5.02 Å². The monoisotopic (exact) mass is 400 g/mol. The van der Waals surface area contributed by atoms with E-state index in [0.717, 1.165) is 34.3 Å². The van der Waals surface area contributed by atoms with Gasteiger partial charge in [-0.1, -0.05) is 53.2 Å². The number of amides is 1. The molecule has 1 heterocycles. The normalized spacial score (nSPS) is 10.8. The number of halogens is 1. The minimum Gasteiger partial charge on any atom is -0.325 e. The predicted octanol–water partition coefficient (Wildman–Crippen LogP) is 4.97. The summed E-state index contributed by atoms with van der Waals surface area (Å²) >= 11 is 7.33. The van der Waals surface area contributed by atoms with E-state index in [1.165, 1.54) is 17.3 Å². The molecule has 0 spiro atoms. The molecule has 0 fully saturated rings. The third-order valence-corrected chi connectivity index (χ3v) is 5.34. The standard InChI is InChI=1S/C20H21ClN4OS/c1-4-25-19(15-7-5-13(2)6-8-15)23-24-20(25)27-12-18(26)22-17-10-9-16(21)11-14(17)3/h5-11H,4,12H2,1-3H3,(H,22,26). The minimum absolute atomic E-state index is 0.0899. The van der Waals surface area contributed by atoms with Gasteiger partial charge in [0.25, 0.3) is 0 Å². The SMILES string of the molecule is CCn1c(SCC(=O)Nc2ccc(Cl)cc2C)nnc1-c1ccc(C)cc1. The Hall–Kier alpha value is -2.31.